The fourth-order valence-corrected chi connectivity index (χ4v) is 2.51. The van der Waals surface area contributed by atoms with Crippen LogP contribution in [-0.2, 0) is 0 Å². The molecule has 0 atom stereocenters. The number of nitrogens with zero attached hydrogens (tertiary/aromatic N) is 3. The molecule has 2 rings (SSSR count). The number of unbranched alkanes of at least 4 members (excludes halogenated alkanes) is 2. The van der Waals surface area contributed by atoms with Gasteiger partial charge < -0.3 is 10.6 Å². The molecule has 5 nitrogen and oxygen atoms in total. The van der Waals surface area contributed by atoms with Crippen molar-refractivity contribution in [2.75, 3.05) is 39.3 Å². The molecular formula is C15H24N4O. The summed E-state index contributed by atoms with van der Waals surface area (Å²) in [6, 6.07) is 3.56. The van der Waals surface area contributed by atoms with E-state index in [1.54, 1.807) is 24.5 Å². The van der Waals surface area contributed by atoms with Crippen molar-refractivity contribution in [2.45, 2.75) is 19.3 Å². The molecule has 1 fully saturated rings. The van der Waals surface area contributed by atoms with Crippen molar-refractivity contribution >= 4 is 5.91 Å². The van der Waals surface area contributed by atoms with Gasteiger partial charge in [-0.2, -0.15) is 0 Å². The molecule has 110 valence electrons. The van der Waals surface area contributed by atoms with Crippen LogP contribution >= 0.6 is 0 Å². The lowest BCUT2D eigenvalue weighted by atomic mass is 10.2. The summed E-state index contributed by atoms with van der Waals surface area (Å²) in [6.45, 7) is 5.49. The van der Waals surface area contributed by atoms with Crippen LogP contribution in [0.5, 0.6) is 0 Å². The smallest absolute Gasteiger partial charge is 0.254 e. The highest BCUT2D eigenvalue weighted by Gasteiger charge is 2.21. The molecule has 0 aromatic carbocycles. The van der Waals surface area contributed by atoms with Gasteiger partial charge in [0.15, 0.2) is 0 Å². The van der Waals surface area contributed by atoms with Gasteiger partial charge in [0.05, 0.1) is 0 Å². The predicted octanol–water partition coefficient (Wildman–Crippen LogP) is 0.968. The number of carbonyl (C=O) groups is 1. The lowest BCUT2D eigenvalue weighted by Crippen LogP contribution is -2.48. The lowest BCUT2D eigenvalue weighted by molar-refractivity contribution is 0.0635. The Labute approximate surface area is 120 Å². The molecule has 1 aliphatic rings. The molecule has 1 aromatic heterocycles. The van der Waals surface area contributed by atoms with Gasteiger partial charge in [-0.3, -0.25) is 14.7 Å². The van der Waals surface area contributed by atoms with Crippen LogP contribution in [0.25, 0.3) is 0 Å². The molecule has 2 heterocycles. The number of rotatable bonds is 6. The molecule has 1 aromatic rings. The quantitative estimate of drug-likeness (QED) is 0.786. The van der Waals surface area contributed by atoms with Gasteiger partial charge in [-0.25, -0.2) is 0 Å². The average Bonchev–Trinajstić information content (AvgIpc) is 2.52. The molecule has 0 spiro atoms. The molecule has 0 saturated carbocycles. The first-order valence-corrected chi connectivity index (χ1v) is 7.43. The van der Waals surface area contributed by atoms with Gasteiger partial charge in [0, 0.05) is 44.1 Å². The summed E-state index contributed by atoms with van der Waals surface area (Å²) in [4.78, 5) is 20.6. The SMILES string of the molecule is NCCCCCN1CCN(C(=O)c2ccncc2)CC1. The molecule has 1 saturated heterocycles. The summed E-state index contributed by atoms with van der Waals surface area (Å²) >= 11 is 0. The topological polar surface area (TPSA) is 62.5 Å². The van der Waals surface area contributed by atoms with Gasteiger partial charge in [-0.15, -0.1) is 0 Å². The van der Waals surface area contributed by atoms with Crippen molar-refractivity contribution in [3.8, 4) is 0 Å². The molecule has 0 bridgehead atoms. The van der Waals surface area contributed by atoms with E-state index in [1.807, 2.05) is 4.90 Å². The maximum Gasteiger partial charge on any atom is 0.254 e. The Balaban J connectivity index is 1.73. The Kier molecular flexibility index (Phi) is 5.95. The van der Waals surface area contributed by atoms with Gasteiger partial charge in [0.2, 0.25) is 0 Å². The Morgan fingerprint density at radius 3 is 2.45 bits per heavy atom. The Morgan fingerprint density at radius 1 is 1.10 bits per heavy atom. The van der Waals surface area contributed by atoms with E-state index in [1.165, 1.54) is 12.8 Å². The van der Waals surface area contributed by atoms with E-state index in [-0.39, 0.29) is 5.91 Å². The second-order valence-electron chi connectivity index (χ2n) is 5.22. The monoisotopic (exact) mass is 276 g/mol. The summed E-state index contributed by atoms with van der Waals surface area (Å²) in [7, 11) is 0. The van der Waals surface area contributed by atoms with E-state index >= 15 is 0 Å². The third kappa shape index (κ3) is 4.28. The van der Waals surface area contributed by atoms with Crippen LogP contribution in [0.15, 0.2) is 24.5 Å². The van der Waals surface area contributed by atoms with Crippen LogP contribution in [0.1, 0.15) is 29.6 Å². The first kappa shape index (κ1) is 14.9. The van der Waals surface area contributed by atoms with E-state index in [0.717, 1.165) is 51.3 Å². The van der Waals surface area contributed by atoms with E-state index < -0.39 is 0 Å². The second-order valence-corrected chi connectivity index (χ2v) is 5.22. The average molecular weight is 276 g/mol. The lowest BCUT2D eigenvalue weighted by Gasteiger charge is -2.34. The minimum Gasteiger partial charge on any atom is -0.336 e. The maximum absolute atomic E-state index is 12.3. The number of carbonyl (C=O) groups excluding carboxylic acids is 1. The van der Waals surface area contributed by atoms with Gasteiger partial charge in [0.25, 0.3) is 5.91 Å². The normalized spacial score (nSPS) is 16.4. The predicted molar refractivity (Wildman–Crippen MR) is 79.5 cm³/mol. The van der Waals surface area contributed by atoms with E-state index in [2.05, 4.69) is 9.88 Å². The van der Waals surface area contributed by atoms with Crippen molar-refractivity contribution in [1.29, 1.82) is 0 Å². The van der Waals surface area contributed by atoms with E-state index in [0.29, 0.717) is 0 Å². The maximum atomic E-state index is 12.3. The fraction of sp³-hybridized carbons (Fsp3) is 0.600. The standard InChI is InChI=1S/C15H24N4O/c16-6-2-1-3-9-18-10-12-19(13-11-18)15(20)14-4-7-17-8-5-14/h4-5,7-8H,1-3,6,9-13,16H2. The number of amides is 1. The van der Waals surface area contributed by atoms with Crippen LogP contribution in [0, 0.1) is 0 Å². The third-order valence-corrected chi connectivity index (χ3v) is 3.77. The van der Waals surface area contributed by atoms with Gasteiger partial charge in [-0.1, -0.05) is 6.42 Å². The highest BCUT2D eigenvalue weighted by molar-refractivity contribution is 5.94. The Hall–Kier alpha value is -1.46. The number of aromatic nitrogens is 1. The number of piperazine rings is 1. The second kappa shape index (κ2) is 7.97. The molecular weight excluding hydrogens is 252 g/mol. The fourth-order valence-electron chi connectivity index (χ4n) is 2.51. The summed E-state index contributed by atoms with van der Waals surface area (Å²) in [5.74, 6) is 0.121. The van der Waals surface area contributed by atoms with Crippen molar-refractivity contribution in [2.24, 2.45) is 5.73 Å². The van der Waals surface area contributed by atoms with Gasteiger partial charge >= 0.3 is 0 Å². The van der Waals surface area contributed by atoms with Crippen molar-refractivity contribution in [1.82, 2.24) is 14.8 Å². The van der Waals surface area contributed by atoms with E-state index in [9.17, 15) is 4.79 Å². The molecule has 1 aliphatic heterocycles. The van der Waals surface area contributed by atoms with Crippen LogP contribution in [-0.4, -0.2) is 60.0 Å². The van der Waals surface area contributed by atoms with Crippen molar-refractivity contribution in [3.05, 3.63) is 30.1 Å². The Bertz CT molecular complexity index is 402. The van der Waals surface area contributed by atoms with E-state index in [4.69, 9.17) is 5.73 Å². The van der Waals surface area contributed by atoms with Crippen molar-refractivity contribution < 1.29 is 4.79 Å². The largest absolute Gasteiger partial charge is 0.336 e. The zero-order chi connectivity index (χ0) is 14.2. The number of nitrogens with two attached hydrogens (primary N) is 1. The molecule has 1 amide bonds. The molecule has 20 heavy (non-hydrogen) atoms. The van der Waals surface area contributed by atoms with Crippen LogP contribution < -0.4 is 5.73 Å². The first-order valence-electron chi connectivity index (χ1n) is 7.43. The zero-order valence-corrected chi connectivity index (χ0v) is 12.0. The highest BCUT2D eigenvalue weighted by Crippen LogP contribution is 2.09. The molecule has 2 N–H and O–H groups in total. The zero-order valence-electron chi connectivity index (χ0n) is 12.0. The van der Waals surface area contributed by atoms with Crippen LogP contribution in [0.4, 0.5) is 0 Å². The summed E-state index contributed by atoms with van der Waals surface area (Å²) in [5.41, 5.74) is 6.23. The molecule has 5 heteroatoms. The summed E-state index contributed by atoms with van der Waals surface area (Å²) < 4.78 is 0. The summed E-state index contributed by atoms with van der Waals surface area (Å²) in [5, 5.41) is 0. The molecule has 0 radical (unpaired) electrons. The summed E-state index contributed by atoms with van der Waals surface area (Å²) in [6.07, 6.45) is 6.85. The molecule has 0 aliphatic carbocycles. The van der Waals surface area contributed by atoms with Crippen LogP contribution in [0.3, 0.4) is 0 Å². The van der Waals surface area contributed by atoms with Crippen molar-refractivity contribution in [3.63, 3.8) is 0 Å². The van der Waals surface area contributed by atoms with Gasteiger partial charge in [-0.05, 0) is 38.1 Å². The minimum absolute atomic E-state index is 0.121. The van der Waals surface area contributed by atoms with Gasteiger partial charge in [0.1, 0.15) is 0 Å². The van der Waals surface area contributed by atoms with Crippen LogP contribution in [0.2, 0.25) is 0 Å². The highest BCUT2D eigenvalue weighted by atomic mass is 16.2. The number of hydrogen-bond acceptors (Lipinski definition) is 4. The molecule has 0 unspecified atom stereocenters. The number of pyridine rings is 1. The minimum atomic E-state index is 0.121. The first-order chi connectivity index (χ1) is 9.81. The third-order valence-electron chi connectivity index (χ3n) is 3.77. The number of hydrogen-bond donors (Lipinski definition) is 1. The Morgan fingerprint density at radius 2 is 1.80 bits per heavy atom.